The average Bonchev–Trinajstić information content (AvgIpc) is 2.83. The van der Waals surface area contributed by atoms with Gasteiger partial charge in [-0.05, 0) is 50.2 Å². The highest BCUT2D eigenvalue weighted by molar-refractivity contribution is 5.96. The SMILES string of the molecule is CC(C)NC(=O)c1cc(=O)c2cccnc2n1-c1cccc(-c2ccc3ccccc3n2)c1. The van der Waals surface area contributed by atoms with E-state index in [4.69, 9.17) is 4.98 Å². The monoisotopic (exact) mass is 434 g/mol. The van der Waals surface area contributed by atoms with Crippen molar-refractivity contribution >= 4 is 27.8 Å². The van der Waals surface area contributed by atoms with Crippen LogP contribution in [-0.2, 0) is 0 Å². The molecule has 0 aliphatic rings. The number of carbonyl (C=O) groups is 1. The molecule has 0 fully saturated rings. The first-order valence-corrected chi connectivity index (χ1v) is 10.8. The lowest BCUT2D eigenvalue weighted by molar-refractivity contribution is 0.0936. The first-order chi connectivity index (χ1) is 16.0. The zero-order valence-electron chi connectivity index (χ0n) is 18.3. The van der Waals surface area contributed by atoms with Gasteiger partial charge in [-0.1, -0.05) is 36.4 Å². The average molecular weight is 434 g/mol. The Morgan fingerprint density at radius 3 is 2.64 bits per heavy atom. The van der Waals surface area contributed by atoms with Crippen LogP contribution in [-0.4, -0.2) is 26.5 Å². The van der Waals surface area contributed by atoms with Crippen molar-refractivity contribution in [3.63, 3.8) is 0 Å². The number of hydrogen-bond donors (Lipinski definition) is 1. The van der Waals surface area contributed by atoms with Gasteiger partial charge in [0, 0.05) is 34.9 Å². The standard InChI is InChI=1S/C27H22N4O2/c1-17(2)29-27(33)24-16-25(32)21-10-6-14-28-26(21)31(24)20-9-5-8-19(15-20)23-13-12-18-7-3-4-11-22(18)30-23/h3-17H,1-2H3,(H,29,33). The van der Waals surface area contributed by atoms with E-state index in [2.05, 4.69) is 10.3 Å². The number of aromatic nitrogens is 3. The van der Waals surface area contributed by atoms with Crippen molar-refractivity contribution in [2.45, 2.75) is 19.9 Å². The topological polar surface area (TPSA) is 76.9 Å². The highest BCUT2D eigenvalue weighted by Gasteiger charge is 2.18. The van der Waals surface area contributed by atoms with Crippen molar-refractivity contribution in [2.24, 2.45) is 0 Å². The van der Waals surface area contributed by atoms with Crippen molar-refractivity contribution in [1.82, 2.24) is 19.9 Å². The van der Waals surface area contributed by atoms with Crippen molar-refractivity contribution in [2.75, 3.05) is 0 Å². The summed E-state index contributed by atoms with van der Waals surface area (Å²) in [4.78, 5) is 35.0. The number of nitrogens with one attached hydrogen (secondary N) is 1. The lowest BCUT2D eigenvalue weighted by atomic mass is 10.1. The second kappa shape index (κ2) is 8.31. The number of amides is 1. The number of para-hydroxylation sites is 1. The van der Waals surface area contributed by atoms with E-state index in [1.807, 2.05) is 74.5 Å². The van der Waals surface area contributed by atoms with Gasteiger partial charge in [0.05, 0.1) is 16.6 Å². The summed E-state index contributed by atoms with van der Waals surface area (Å²) in [5.74, 6) is -0.330. The summed E-state index contributed by atoms with van der Waals surface area (Å²) in [5.41, 5.74) is 3.79. The van der Waals surface area contributed by atoms with Gasteiger partial charge in [-0.15, -0.1) is 0 Å². The van der Waals surface area contributed by atoms with E-state index >= 15 is 0 Å². The molecule has 0 spiro atoms. The van der Waals surface area contributed by atoms with Crippen LogP contribution < -0.4 is 10.7 Å². The normalized spacial score (nSPS) is 11.2. The molecule has 0 saturated carbocycles. The van der Waals surface area contributed by atoms with Crippen LogP contribution in [0.4, 0.5) is 0 Å². The molecule has 1 N–H and O–H groups in total. The molecule has 33 heavy (non-hydrogen) atoms. The molecule has 0 radical (unpaired) electrons. The smallest absolute Gasteiger partial charge is 0.268 e. The lowest BCUT2D eigenvalue weighted by Gasteiger charge is -2.18. The third-order valence-electron chi connectivity index (χ3n) is 5.42. The number of pyridine rings is 3. The molecule has 0 atom stereocenters. The van der Waals surface area contributed by atoms with E-state index in [0.717, 1.165) is 27.8 Å². The maximum Gasteiger partial charge on any atom is 0.268 e. The molecule has 0 aliphatic carbocycles. The minimum Gasteiger partial charge on any atom is -0.349 e. The number of benzene rings is 2. The van der Waals surface area contributed by atoms with Gasteiger partial charge in [0.25, 0.3) is 5.91 Å². The Labute approximate surface area is 190 Å². The van der Waals surface area contributed by atoms with Crippen LogP contribution in [0.2, 0.25) is 0 Å². The maximum absolute atomic E-state index is 13.0. The molecule has 0 unspecified atom stereocenters. The minimum absolute atomic E-state index is 0.0754. The number of carbonyl (C=O) groups excluding carboxylic acids is 1. The van der Waals surface area contributed by atoms with Crippen LogP contribution in [0.5, 0.6) is 0 Å². The van der Waals surface area contributed by atoms with Gasteiger partial charge < -0.3 is 5.32 Å². The fraction of sp³-hybridized carbons (Fsp3) is 0.111. The highest BCUT2D eigenvalue weighted by Crippen LogP contribution is 2.25. The fourth-order valence-corrected chi connectivity index (χ4v) is 3.94. The van der Waals surface area contributed by atoms with Gasteiger partial charge >= 0.3 is 0 Å². The second-order valence-corrected chi connectivity index (χ2v) is 8.17. The van der Waals surface area contributed by atoms with E-state index in [0.29, 0.717) is 11.0 Å². The van der Waals surface area contributed by atoms with Crippen LogP contribution in [0.3, 0.4) is 0 Å². The Kier molecular flexibility index (Phi) is 5.18. The van der Waals surface area contributed by atoms with Gasteiger partial charge in [-0.2, -0.15) is 0 Å². The third kappa shape index (κ3) is 3.87. The third-order valence-corrected chi connectivity index (χ3v) is 5.42. The van der Waals surface area contributed by atoms with E-state index in [1.165, 1.54) is 6.07 Å². The summed E-state index contributed by atoms with van der Waals surface area (Å²) >= 11 is 0. The van der Waals surface area contributed by atoms with Gasteiger partial charge in [-0.3, -0.25) is 14.2 Å². The Bertz CT molecular complexity index is 1570. The van der Waals surface area contributed by atoms with Gasteiger partial charge in [-0.25, -0.2) is 9.97 Å². The van der Waals surface area contributed by atoms with E-state index in [-0.39, 0.29) is 23.1 Å². The Hall–Kier alpha value is -4.32. The first-order valence-electron chi connectivity index (χ1n) is 10.8. The predicted molar refractivity (Wildman–Crippen MR) is 131 cm³/mol. The molecule has 162 valence electrons. The minimum atomic E-state index is -0.330. The largest absolute Gasteiger partial charge is 0.349 e. The molecule has 0 saturated heterocycles. The van der Waals surface area contributed by atoms with Crippen molar-refractivity contribution in [1.29, 1.82) is 0 Å². The molecular formula is C27H22N4O2. The zero-order chi connectivity index (χ0) is 22.9. The summed E-state index contributed by atoms with van der Waals surface area (Å²) in [6.07, 6.45) is 1.62. The molecule has 0 aliphatic heterocycles. The molecule has 6 nitrogen and oxygen atoms in total. The van der Waals surface area contributed by atoms with Crippen molar-refractivity contribution in [3.8, 4) is 16.9 Å². The maximum atomic E-state index is 13.0. The van der Waals surface area contributed by atoms with Crippen LogP contribution in [0.15, 0.2) is 89.9 Å². The summed E-state index contributed by atoms with van der Waals surface area (Å²) in [7, 11) is 0. The summed E-state index contributed by atoms with van der Waals surface area (Å²) in [6.45, 7) is 3.76. The Balaban J connectivity index is 1.72. The first kappa shape index (κ1) is 20.6. The van der Waals surface area contributed by atoms with Gasteiger partial charge in [0.15, 0.2) is 5.43 Å². The quantitative estimate of drug-likeness (QED) is 0.443. The molecule has 0 bridgehead atoms. The second-order valence-electron chi connectivity index (χ2n) is 8.17. The molecular weight excluding hydrogens is 412 g/mol. The van der Waals surface area contributed by atoms with Crippen LogP contribution >= 0.6 is 0 Å². The fourth-order valence-electron chi connectivity index (χ4n) is 3.94. The van der Waals surface area contributed by atoms with Crippen LogP contribution in [0, 0.1) is 0 Å². The van der Waals surface area contributed by atoms with E-state index in [1.54, 1.807) is 22.9 Å². The Morgan fingerprint density at radius 1 is 0.939 bits per heavy atom. The molecule has 5 aromatic rings. The van der Waals surface area contributed by atoms with Gasteiger partial charge in [0.2, 0.25) is 0 Å². The number of hydrogen-bond acceptors (Lipinski definition) is 4. The molecule has 1 amide bonds. The number of nitrogens with zero attached hydrogens (tertiary/aromatic N) is 3. The molecule has 5 rings (SSSR count). The van der Waals surface area contributed by atoms with Crippen molar-refractivity contribution in [3.05, 3.63) is 101 Å². The van der Waals surface area contributed by atoms with Gasteiger partial charge in [0.1, 0.15) is 11.3 Å². The summed E-state index contributed by atoms with van der Waals surface area (Å²) < 4.78 is 1.74. The number of fused-ring (bicyclic) bond motifs is 2. The van der Waals surface area contributed by atoms with Crippen molar-refractivity contribution < 1.29 is 4.79 Å². The lowest BCUT2D eigenvalue weighted by Crippen LogP contribution is -2.33. The van der Waals surface area contributed by atoms with E-state index in [9.17, 15) is 9.59 Å². The molecule has 3 aromatic heterocycles. The Morgan fingerprint density at radius 2 is 1.79 bits per heavy atom. The molecule has 3 heterocycles. The predicted octanol–water partition coefficient (Wildman–Crippen LogP) is 4.74. The molecule has 2 aromatic carbocycles. The number of rotatable bonds is 4. The zero-order valence-corrected chi connectivity index (χ0v) is 18.3. The van der Waals surface area contributed by atoms with E-state index < -0.39 is 0 Å². The highest BCUT2D eigenvalue weighted by atomic mass is 16.2. The van der Waals surface area contributed by atoms with Crippen LogP contribution in [0.25, 0.3) is 38.9 Å². The summed E-state index contributed by atoms with van der Waals surface area (Å²) in [5, 5.41) is 4.41. The van der Waals surface area contributed by atoms with Crippen LogP contribution in [0.1, 0.15) is 24.3 Å². The summed E-state index contributed by atoms with van der Waals surface area (Å²) in [6, 6.07) is 24.5. The molecule has 6 heteroatoms.